The summed E-state index contributed by atoms with van der Waals surface area (Å²) in [4.78, 5) is 2.58. The van der Waals surface area contributed by atoms with Crippen LogP contribution in [0.4, 0.5) is 0 Å². The molecule has 1 saturated carbocycles. The molecule has 118 valence electrons. The van der Waals surface area contributed by atoms with Crippen molar-refractivity contribution < 1.29 is 0 Å². The summed E-state index contributed by atoms with van der Waals surface area (Å²) in [5.74, 6) is 0. The first-order valence-corrected chi connectivity index (χ1v) is 9.19. The molecule has 0 radical (unpaired) electrons. The minimum absolute atomic E-state index is 0.464. The van der Waals surface area contributed by atoms with E-state index in [1.807, 2.05) is 0 Å². The van der Waals surface area contributed by atoms with Gasteiger partial charge in [0.15, 0.2) is 0 Å². The molecular weight excluding hydrogens is 324 g/mol. The van der Waals surface area contributed by atoms with Crippen LogP contribution < -0.4 is 5.32 Å². The number of benzene rings is 1. The first-order chi connectivity index (χ1) is 10.2. The zero-order valence-corrected chi connectivity index (χ0v) is 15.0. The lowest BCUT2D eigenvalue weighted by atomic mass is 10.0. The van der Waals surface area contributed by atoms with Gasteiger partial charge in [-0.25, -0.2) is 0 Å². The summed E-state index contributed by atoms with van der Waals surface area (Å²) in [7, 11) is 2.30. The first kappa shape index (κ1) is 17.0. The maximum atomic E-state index is 3.71. The van der Waals surface area contributed by atoms with Crippen molar-refractivity contribution in [2.75, 3.05) is 20.1 Å². The molecule has 2 rings (SSSR count). The lowest BCUT2D eigenvalue weighted by Crippen LogP contribution is -2.33. The monoisotopic (exact) mass is 352 g/mol. The van der Waals surface area contributed by atoms with Crippen molar-refractivity contribution in [3.8, 4) is 0 Å². The van der Waals surface area contributed by atoms with Crippen molar-refractivity contribution in [2.24, 2.45) is 0 Å². The predicted molar refractivity (Wildman–Crippen MR) is 94.7 cm³/mol. The normalized spacial score (nSPS) is 17.5. The fourth-order valence-corrected chi connectivity index (χ4v) is 3.71. The Labute approximate surface area is 138 Å². The molecule has 1 aromatic rings. The summed E-state index contributed by atoms with van der Waals surface area (Å²) in [6.07, 6.45) is 7.98. The third-order valence-corrected chi connectivity index (χ3v) is 5.10. The maximum absolute atomic E-state index is 3.71. The molecule has 0 aromatic heterocycles. The average molecular weight is 353 g/mol. The van der Waals surface area contributed by atoms with Crippen molar-refractivity contribution in [3.63, 3.8) is 0 Å². The van der Waals surface area contributed by atoms with Crippen LogP contribution in [0, 0.1) is 0 Å². The van der Waals surface area contributed by atoms with E-state index in [0.717, 1.165) is 12.6 Å². The minimum Gasteiger partial charge on any atom is -0.310 e. The molecule has 0 bridgehead atoms. The van der Waals surface area contributed by atoms with Crippen LogP contribution in [-0.2, 0) is 0 Å². The molecular formula is C18H29BrN2. The van der Waals surface area contributed by atoms with E-state index in [0.29, 0.717) is 6.04 Å². The average Bonchev–Trinajstić information content (AvgIpc) is 3.01. The highest BCUT2D eigenvalue weighted by Crippen LogP contribution is 2.25. The SMILES string of the molecule is CCCNC(CCN(C)C1CCCC1)c1cccc(Br)c1. The maximum Gasteiger partial charge on any atom is 0.0332 e. The predicted octanol–water partition coefficient (Wildman–Crippen LogP) is 4.75. The van der Waals surface area contributed by atoms with Gasteiger partial charge in [-0.15, -0.1) is 0 Å². The Balaban J connectivity index is 1.92. The summed E-state index contributed by atoms with van der Waals surface area (Å²) in [6.45, 7) is 4.50. The minimum atomic E-state index is 0.464. The molecule has 1 unspecified atom stereocenters. The lowest BCUT2D eigenvalue weighted by molar-refractivity contribution is 0.231. The van der Waals surface area contributed by atoms with Gasteiger partial charge >= 0.3 is 0 Å². The summed E-state index contributed by atoms with van der Waals surface area (Å²) >= 11 is 3.59. The summed E-state index contributed by atoms with van der Waals surface area (Å²) in [5, 5.41) is 3.71. The van der Waals surface area contributed by atoms with Gasteiger partial charge in [-0.05, 0) is 63.5 Å². The molecule has 0 amide bonds. The van der Waals surface area contributed by atoms with Crippen LogP contribution in [0.2, 0.25) is 0 Å². The Bertz CT molecular complexity index is 415. The lowest BCUT2D eigenvalue weighted by Gasteiger charge is -2.27. The van der Waals surface area contributed by atoms with Crippen LogP contribution in [0.3, 0.4) is 0 Å². The van der Waals surface area contributed by atoms with Crippen molar-refractivity contribution in [3.05, 3.63) is 34.3 Å². The molecule has 2 nitrogen and oxygen atoms in total. The first-order valence-electron chi connectivity index (χ1n) is 8.39. The largest absolute Gasteiger partial charge is 0.310 e. The summed E-state index contributed by atoms with van der Waals surface area (Å²) < 4.78 is 1.17. The third-order valence-electron chi connectivity index (χ3n) is 4.61. The zero-order chi connectivity index (χ0) is 15.1. The van der Waals surface area contributed by atoms with Crippen molar-refractivity contribution in [1.82, 2.24) is 10.2 Å². The van der Waals surface area contributed by atoms with Gasteiger partial charge in [0.2, 0.25) is 0 Å². The second-order valence-electron chi connectivity index (χ2n) is 6.27. The third kappa shape index (κ3) is 5.39. The number of rotatable bonds is 8. The van der Waals surface area contributed by atoms with E-state index in [9.17, 15) is 0 Å². The van der Waals surface area contributed by atoms with Gasteiger partial charge in [-0.2, -0.15) is 0 Å². The van der Waals surface area contributed by atoms with E-state index in [-0.39, 0.29) is 0 Å². The second-order valence-corrected chi connectivity index (χ2v) is 7.18. The van der Waals surface area contributed by atoms with E-state index in [1.54, 1.807) is 0 Å². The molecule has 1 aromatic carbocycles. The van der Waals surface area contributed by atoms with E-state index in [1.165, 1.54) is 55.1 Å². The molecule has 1 aliphatic rings. The molecule has 3 heteroatoms. The standard InChI is InChI=1S/C18H29BrN2/c1-3-12-20-18(15-7-6-8-16(19)14-15)11-13-21(2)17-9-4-5-10-17/h6-8,14,17-18,20H,3-5,9-13H2,1-2H3. The number of nitrogens with zero attached hydrogens (tertiary/aromatic N) is 1. The fraction of sp³-hybridized carbons (Fsp3) is 0.667. The Morgan fingerprint density at radius 3 is 2.76 bits per heavy atom. The highest BCUT2D eigenvalue weighted by atomic mass is 79.9. The quantitative estimate of drug-likeness (QED) is 0.725. The highest BCUT2D eigenvalue weighted by Gasteiger charge is 2.20. The summed E-state index contributed by atoms with van der Waals surface area (Å²) in [5.41, 5.74) is 1.40. The van der Waals surface area contributed by atoms with Crippen molar-refractivity contribution in [1.29, 1.82) is 0 Å². The topological polar surface area (TPSA) is 15.3 Å². The van der Waals surface area contributed by atoms with Gasteiger partial charge in [0.25, 0.3) is 0 Å². The van der Waals surface area contributed by atoms with Crippen LogP contribution >= 0.6 is 15.9 Å². The van der Waals surface area contributed by atoms with Crippen LogP contribution in [0.5, 0.6) is 0 Å². The molecule has 0 saturated heterocycles. The molecule has 1 atom stereocenters. The summed E-state index contributed by atoms with van der Waals surface area (Å²) in [6, 6.07) is 10.0. The molecule has 0 heterocycles. The Kier molecular flexibility index (Phi) is 7.21. The van der Waals surface area contributed by atoms with E-state index < -0.39 is 0 Å². The van der Waals surface area contributed by atoms with Crippen LogP contribution in [-0.4, -0.2) is 31.1 Å². The number of hydrogen-bond donors (Lipinski definition) is 1. The molecule has 21 heavy (non-hydrogen) atoms. The Hall–Kier alpha value is -0.380. The van der Waals surface area contributed by atoms with Gasteiger partial charge in [0.05, 0.1) is 0 Å². The molecule has 0 spiro atoms. The fourth-order valence-electron chi connectivity index (χ4n) is 3.29. The molecule has 0 aliphatic heterocycles. The molecule has 1 N–H and O–H groups in total. The highest BCUT2D eigenvalue weighted by molar-refractivity contribution is 9.10. The van der Waals surface area contributed by atoms with Gasteiger partial charge in [-0.1, -0.05) is 47.8 Å². The molecule has 1 fully saturated rings. The van der Waals surface area contributed by atoms with Gasteiger partial charge in [0, 0.05) is 16.6 Å². The van der Waals surface area contributed by atoms with Crippen LogP contribution in [0.25, 0.3) is 0 Å². The van der Waals surface area contributed by atoms with E-state index >= 15 is 0 Å². The Morgan fingerprint density at radius 1 is 1.33 bits per heavy atom. The molecule has 1 aliphatic carbocycles. The number of nitrogens with one attached hydrogen (secondary N) is 1. The Morgan fingerprint density at radius 2 is 2.10 bits per heavy atom. The van der Waals surface area contributed by atoms with Crippen molar-refractivity contribution >= 4 is 15.9 Å². The van der Waals surface area contributed by atoms with E-state index in [4.69, 9.17) is 0 Å². The van der Waals surface area contributed by atoms with Crippen LogP contribution in [0.15, 0.2) is 28.7 Å². The van der Waals surface area contributed by atoms with Gasteiger partial charge in [-0.3, -0.25) is 0 Å². The number of halogens is 1. The smallest absolute Gasteiger partial charge is 0.0332 e. The van der Waals surface area contributed by atoms with Gasteiger partial charge in [0.1, 0.15) is 0 Å². The second kappa shape index (κ2) is 8.92. The number of hydrogen-bond acceptors (Lipinski definition) is 2. The van der Waals surface area contributed by atoms with Crippen LogP contribution in [0.1, 0.15) is 57.1 Å². The zero-order valence-electron chi connectivity index (χ0n) is 13.4. The van der Waals surface area contributed by atoms with E-state index in [2.05, 4.69) is 64.4 Å². The van der Waals surface area contributed by atoms with Gasteiger partial charge < -0.3 is 10.2 Å². The van der Waals surface area contributed by atoms with Crippen molar-refractivity contribution in [2.45, 2.75) is 57.5 Å².